The van der Waals surface area contributed by atoms with Crippen molar-refractivity contribution in [1.82, 2.24) is 15.4 Å². The van der Waals surface area contributed by atoms with Crippen LogP contribution >= 0.6 is 0 Å². The van der Waals surface area contributed by atoms with Gasteiger partial charge in [-0.3, -0.25) is 10.2 Å². The van der Waals surface area contributed by atoms with Crippen LogP contribution in [0.2, 0.25) is 0 Å². The van der Waals surface area contributed by atoms with Crippen molar-refractivity contribution in [3.63, 3.8) is 0 Å². The lowest BCUT2D eigenvalue weighted by molar-refractivity contribution is 0.0848. The van der Waals surface area contributed by atoms with E-state index in [0.29, 0.717) is 0 Å². The van der Waals surface area contributed by atoms with Gasteiger partial charge in [-0.25, -0.2) is 9.99 Å². The molecule has 1 amide bonds. The fraction of sp³-hybridized carbons (Fsp3) is 0.250. The Morgan fingerprint density at radius 3 is 2.85 bits per heavy atom. The molecule has 0 aromatic carbocycles. The Labute approximate surface area is 76.0 Å². The molecule has 2 N–H and O–H groups in total. The van der Waals surface area contributed by atoms with Crippen molar-refractivity contribution < 1.29 is 9.90 Å². The number of nitrogens with zero attached hydrogens (tertiary/aromatic N) is 2. The van der Waals surface area contributed by atoms with Crippen molar-refractivity contribution >= 4 is 5.91 Å². The zero-order chi connectivity index (χ0) is 9.84. The first-order valence-corrected chi connectivity index (χ1v) is 3.73. The second-order valence-electron chi connectivity index (χ2n) is 2.71. The molecule has 1 aromatic heterocycles. The SMILES string of the molecule is CN(C)NC(=O)c1ncccc1O. The monoisotopic (exact) mass is 181 g/mol. The van der Waals surface area contributed by atoms with Crippen LogP contribution in [0.5, 0.6) is 5.75 Å². The van der Waals surface area contributed by atoms with Crippen molar-refractivity contribution in [2.45, 2.75) is 0 Å². The number of hydrogen-bond donors (Lipinski definition) is 2. The molecule has 0 saturated heterocycles. The molecule has 0 aliphatic heterocycles. The van der Waals surface area contributed by atoms with Gasteiger partial charge in [-0.2, -0.15) is 0 Å². The predicted octanol–water partition coefficient (Wildman–Crippen LogP) is -0.00640. The van der Waals surface area contributed by atoms with Crippen LogP contribution in [-0.2, 0) is 0 Å². The Balaban J connectivity index is 2.83. The van der Waals surface area contributed by atoms with Crippen LogP contribution in [0.25, 0.3) is 0 Å². The average molecular weight is 181 g/mol. The molecule has 0 unspecified atom stereocenters. The molecule has 13 heavy (non-hydrogen) atoms. The molecular formula is C8H11N3O2. The van der Waals surface area contributed by atoms with Gasteiger partial charge < -0.3 is 5.11 Å². The number of carbonyl (C=O) groups excluding carboxylic acids is 1. The molecule has 0 bridgehead atoms. The fourth-order valence-corrected chi connectivity index (χ4v) is 0.828. The summed E-state index contributed by atoms with van der Waals surface area (Å²) in [6, 6.07) is 2.97. The van der Waals surface area contributed by atoms with Gasteiger partial charge >= 0.3 is 0 Å². The Hall–Kier alpha value is -1.62. The van der Waals surface area contributed by atoms with E-state index in [2.05, 4.69) is 10.4 Å². The summed E-state index contributed by atoms with van der Waals surface area (Å²) >= 11 is 0. The molecule has 5 heteroatoms. The molecule has 0 atom stereocenters. The fourth-order valence-electron chi connectivity index (χ4n) is 0.828. The maximum Gasteiger partial charge on any atom is 0.287 e. The zero-order valence-corrected chi connectivity index (χ0v) is 7.48. The highest BCUT2D eigenvalue weighted by molar-refractivity contribution is 5.94. The summed E-state index contributed by atoms with van der Waals surface area (Å²) in [7, 11) is 3.36. The third kappa shape index (κ3) is 2.41. The number of nitrogens with one attached hydrogen (secondary N) is 1. The topological polar surface area (TPSA) is 65.5 Å². The van der Waals surface area contributed by atoms with Crippen molar-refractivity contribution in [3.05, 3.63) is 24.0 Å². The van der Waals surface area contributed by atoms with E-state index in [0.717, 1.165) is 0 Å². The molecule has 5 nitrogen and oxygen atoms in total. The summed E-state index contributed by atoms with van der Waals surface area (Å²) in [5.74, 6) is -0.551. The van der Waals surface area contributed by atoms with Crippen LogP contribution in [0.3, 0.4) is 0 Å². The van der Waals surface area contributed by atoms with Crippen molar-refractivity contribution in [2.24, 2.45) is 0 Å². The van der Waals surface area contributed by atoms with Crippen molar-refractivity contribution in [3.8, 4) is 5.75 Å². The normalized spacial score (nSPS) is 10.1. The molecule has 0 saturated carbocycles. The van der Waals surface area contributed by atoms with Crippen molar-refractivity contribution in [2.75, 3.05) is 14.1 Å². The largest absolute Gasteiger partial charge is 0.505 e. The summed E-state index contributed by atoms with van der Waals surface area (Å²) in [6.07, 6.45) is 1.45. The van der Waals surface area contributed by atoms with Crippen molar-refractivity contribution in [1.29, 1.82) is 0 Å². The average Bonchev–Trinajstić information content (AvgIpc) is 2.03. The van der Waals surface area contributed by atoms with Crippen LogP contribution < -0.4 is 5.43 Å². The Bertz CT molecular complexity index is 312. The molecule has 0 radical (unpaired) electrons. The van der Waals surface area contributed by atoms with Gasteiger partial charge in [-0.15, -0.1) is 0 Å². The molecular weight excluding hydrogens is 170 g/mol. The molecule has 1 aromatic rings. The van der Waals surface area contributed by atoms with Crippen LogP contribution in [-0.4, -0.2) is 35.1 Å². The Morgan fingerprint density at radius 1 is 1.62 bits per heavy atom. The molecule has 0 aliphatic carbocycles. The number of aromatic nitrogens is 1. The maximum atomic E-state index is 11.3. The van der Waals surface area contributed by atoms with Crippen LogP contribution in [0, 0.1) is 0 Å². The number of rotatable bonds is 2. The third-order valence-corrected chi connectivity index (χ3v) is 1.33. The van der Waals surface area contributed by atoms with E-state index in [-0.39, 0.29) is 11.4 Å². The number of carbonyl (C=O) groups is 1. The first kappa shape index (κ1) is 9.47. The van der Waals surface area contributed by atoms with Gasteiger partial charge in [0.2, 0.25) is 0 Å². The molecule has 1 heterocycles. The van der Waals surface area contributed by atoms with E-state index in [1.54, 1.807) is 20.2 Å². The van der Waals surface area contributed by atoms with Gasteiger partial charge in [0.1, 0.15) is 5.75 Å². The maximum absolute atomic E-state index is 11.3. The minimum Gasteiger partial charge on any atom is -0.505 e. The lowest BCUT2D eigenvalue weighted by Crippen LogP contribution is -2.36. The molecule has 1 rings (SSSR count). The lowest BCUT2D eigenvalue weighted by Gasteiger charge is -2.11. The highest BCUT2D eigenvalue weighted by Crippen LogP contribution is 2.11. The molecule has 0 spiro atoms. The Morgan fingerprint density at radius 2 is 2.31 bits per heavy atom. The molecule has 0 aliphatic rings. The van der Waals surface area contributed by atoms with E-state index in [9.17, 15) is 9.90 Å². The van der Waals surface area contributed by atoms with E-state index in [4.69, 9.17) is 0 Å². The van der Waals surface area contributed by atoms with Gasteiger partial charge in [0.25, 0.3) is 5.91 Å². The van der Waals surface area contributed by atoms with Gasteiger partial charge in [-0.1, -0.05) is 0 Å². The van der Waals surface area contributed by atoms with Crippen LogP contribution in [0.15, 0.2) is 18.3 Å². The first-order chi connectivity index (χ1) is 6.11. The quantitative estimate of drug-likeness (QED) is 0.630. The summed E-state index contributed by atoms with van der Waals surface area (Å²) in [4.78, 5) is 15.0. The standard InChI is InChI=1S/C8H11N3O2/c1-11(2)10-8(13)7-6(12)4-3-5-9-7/h3-5,12H,1-2H3,(H,10,13). The number of aromatic hydroxyl groups is 1. The number of hydrazine groups is 1. The Kier molecular flexibility index (Phi) is 2.81. The molecule has 70 valence electrons. The van der Waals surface area contributed by atoms with Gasteiger partial charge in [0.15, 0.2) is 5.69 Å². The summed E-state index contributed by atoms with van der Waals surface area (Å²) in [6.45, 7) is 0. The van der Waals surface area contributed by atoms with Gasteiger partial charge in [-0.05, 0) is 12.1 Å². The summed E-state index contributed by atoms with van der Waals surface area (Å²) in [5.41, 5.74) is 2.50. The summed E-state index contributed by atoms with van der Waals surface area (Å²) in [5, 5.41) is 10.7. The second kappa shape index (κ2) is 3.86. The van der Waals surface area contributed by atoms with Gasteiger partial charge in [0, 0.05) is 20.3 Å². The second-order valence-corrected chi connectivity index (χ2v) is 2.71. The van der Waals surface area contributed by atoms with Crippen LogP contribution in [0.1, 0.15) is 10.5 Å². The highest BCUT2D eigenvalue weighted by Gasteiger charge is 2.11. The van der Waals surface area contributed by atoms with Gasteiger partial charge in [0.05, 0.1) is 0 Å². The minimum atomic E-state index is -0.428. The highest BCUT2D eigenvalue weighted by atomic mass is 16.3. The zero-order valence-electron chi connectivity index (χ0n) is 7.48. The number of hydrogen-bond acceptors (Lipinski definition) is 4. The predicted molar refractivity (Wildman–Crippen MR) is 47.1 cm³/mol. The van der Waals surface area contributed by atoms with E-state index >= 15 is 0 Å². The lowest BCUT2D eigenvalue weighted by atomic mass is 10.3. The number of pyridine rings is 1. The van der Waals surface area contributed by atoms with E-state index in [1.807, 2.05) is 0 Å². The van der Waals surface area contributed by atoms with E-state index < -0.39 is 5.91 Å². The first-order valence-electron chi connectivity index (χ1n) is 3.73. The van der Waals surface area contributed by atoms with Crippen LogP contribution in [0.4, 0.5) is 0 Å². The number of amides is 1. The molecule has 0 fully saturated rings. The third-order valence-electron chi connectivity index (χ3n) is 1.33. The smallest absolute Gasteiger partial charge is 0.287 e. The minimum absolute atomic E-state index is 0.0243. The van der Waals surface area contributed by atoms with E-state index in [1.165, 1.54) is 17.3 Å². The summed E-state index contributed by atoms with van der Waals surface area (Å²) < 4.78 is 0.